The van der Waals surface area contributed by atoms with Crippen LogP contribution in [-0.2, 0) is 4.74 Å². The Bertz CT molecular complexity index is 562. The van der Waals surface area contributed by atoms with Crippen molar-refractivity contribution in [1.29, 1.82) is 0 Å². The molecule has 0 saturated carbocycles. The van der Waals surface area contributed by atoms with Gasteiger partial charge >= 0.3 is 0 Å². The van der Waals surface area contributed by atoms with E-state index >= 15 is 0 Å². The van der Waals surface area contributed by atoms with Crippen molar-refractivity contribution in [3.05, 3.63) is 10.4 Å². The van der Waals surface area contributed by atoms with E-state index in [1.807, 2.05) is 18.7 Å². The van der Waals surface area contributed by atoms with E-state index < -0.39 is 5.91 Å². The number of rotatable bonds is 3. The van der Waals surface area contributed by atoms with Crippen LogP contribution in [0.25, 0.3) is 0 Å². The molecule has 7 nitrogen and oxygen atoms in total. The van der Waals surface area contributed by atoms with Crippen LogP contribution in [0.2, 0.25) is 0 Å². The average molecular weight is 312 g/mol. The van der Waals surface area contributed by atoms with E-state index in [-0.39, 0.29) is 28.7 Å². The van der Waals surface area contributed by atoms with Crippen molar-refractivity contribution >= 4 is 33.8 Å². The van der Waals surface area contributed by atoms with Crippen molar-refractivity contribution in [2.75, 3.05) is 30.8 Å². The maximum Gasteiger partial charge on any atom is 0.260 e. The number of thiophene rings is 1. The number of hydrogen-bond acceptors (Lipinski definition) is 6. The zero-order chi connectivity index (χ0) is 15.7. The minimum Gasteiger partial charge on any atom is -0.397 e. The Morgan fingerprint density at radius 3 is 2.38 bits per heavy atom. The molecule has 1 aromatic heterocycles. The first-order valence-electron chi connectivity index (χ1n) is 6.69. The van der Waals surface area contributed by atoms with E-state index in [1.165, 1.54) is 7.05 Å². The number of nitrogens with two attached hydrogens (primary N) is 2. The third-order valence-corrected chi connectivity index (χ3v) is 4.59. The van der Waals surface area contributed by atoms with Gasteiger partial charge in [0.1, 0.15) is 9.88 Å². The summed E-state index contributed by atoms with van der Waals surface area (Å²) >= 11 is 1.16. The molecule has 21 heavy (non-hydrogen) atoms. The lowest BCUT2D eigenvalue weighted by molar-refractivity contribution is -0.00505. The number of nitrogens with zero attached hydrogens (tertiary/aromatic N) is 1. The molecular weight excluding hydrogens is 292 g/mol. The molecule has 1 aliphatic rings. The highest BCUT2D eigenvalue weighted by molar-refractivity contribution is 7.19. The molecule has 1 saturated heterocycles. The van der Waals surface area contributed by atoms with Crippen LogP contribution in [0, 0.1) is 0 Å². The van der Waals surface area contributed by atoms with Crippen molar-refractivity contribution in [2.24, 2.45) is 5.73 Å². The van der Waals surface area contributed by atoms with E-state index in [1.54, 1.807) is 0 Å². The zero-order valence-electron chi connectivity index (χ0n) is 12.3. The molecule has 0 aromatic carbocycles. The van der Waals surface area contributed by atoms with Crippen LogP contribution in [0.3, 0.4) is 0 Å². The van der Waals surface area contributed by atoms with Gasteiger partial charge in [0, 0.05) is 20.1 Å². The van der Waals surface area contributed by atoms with Crippen LogP contribution in [-0.4, -0.2) is 44.2 Å². The summed E-state index contributed by atoms with van der Waals surface area (Å²) in [6, 6.07) is 0. The van der Waals surface area contributed by atoms with Gasteiger partial charge in [0.15, 0.2) is 0 Å². The summed E-state index contributed by atoms with van der Waals surface area (Å²) in [5.41, 5.74) is 11.8. The molecule has 2 rings (SSSR count). The number of anilines is 2. The summed E-state index contributed by atoms with van der Waals surface area (Å²) in [6.07, 6.45) is 0.0679. The summed E-state index contributed by atoms with van der Waals surface area (Å²) in [5.74, 6) is -0.943. The van der Waals surface area contributed by atoms with Gasteiger partial charge in [-0.1, -0.05) is 0 Å². The van der Waals surface area contributed by atoms with E-state index in [9.17, 15) is 9.59 Å². The molecule has 2 heterocycles. The van der Waals surface area contributed by atoms with Gasteiger partial charge in [-0.15, -0.1) is 11.3 Å². The Balaban J connectivity index is 2.48. The van der Waals surface area contributed by atoms with Gasteiger partial charge in [-0.2, -0.15) is 0 Å². The molecule has 8 heteroatoms. The zero-order valence-corrected chi connectivity index (χ0v) is 13.1. The predicted molar refractivity (Wildman–Crippen MR) is 82.9 cm³/mol. The fraction of sp³-hybridized carbons (Fsp3) is 0.538. The lowest BCUT2D eigenvalue weighted by Crippen LogP contribution is -2.45. The summed E-state index contributed by atoms with van der Waals surface area (Å²) < 4.78 is 5.69. The van der Waals surface area contributed by atoms with Gasteiger partial charge in [-0.25, -0.2) is 0 Å². The van der Waals surface area contributed by atoms with Gasteiger partial charge in [-0.3, -0.25) is 9.59 Å². The molecule has 0 bridgehead atoms. The largest absolute Gasteiger partial charge is 0.397 e. The second-order valence-corrected chi connectivity index (χ2v) is 6.13. The molecule has 1 aliphatic heterocycles. The first kappa shape index (κ1) is 15.6. The molecule has 5 N–H and O–H groups in total. The molecule has 0 radical (unpaired) electrons. The van der Waals surface area contributed by atoms with Gasteiger partial charge in [0.25, 0.3) is 11.8 Å². The Morgan fingerprint density at radius 1 is 1.33 bits per heavy atom. The van der Waals surface area contributed by atoms with Crippen molar-refractivity contribution in [3.8, 4) is 0 Å². The molecule has 116 valence electrons. The fourth-order valence-corrected chi connectivity index (χ4v) is 3.61. The lowest BCUT2D eigenvalue weighted by atomic mass is 10.1. The minimum atomic E-state index is -0.622. The van der Waals surface area contributed by atoms with Crippen LogP contribution >= 0.6 is 11.3 Å². The number of primary amides is 1. The second-order valence-electron chi connectivity index (χ2n) is 5.13. The molecule has 0 spiro atoms. The van der Waals surface area contributed by atoms with E-state index in [4.69, 9.17) is 16.2 Å². The van der Waals surface area contributed by atoms with Crippen LogP contribution in [0.15, 0.2) is 0 Å². The van der Waals surface area contributed by atoms with E-state index in [0.29, 0.717) is 23.7 Å². The molecule has 1 fully saturated rings. The number of carbonyl (C=O) groups is 2. The van der Waals surface area contributed by atoms with Crippen LogP contribution in [0.4, 0.5) is 10.7 Å². The van der Waals surface area contributed by atoms with Crippen molar-refractivity contribution in [2.45, 2.75) is 26.1 Å². The topological polar surface area (TPSA) is 111 Å². The maximum absolute atomic E-state index is 12.1. The van der Waals surface area contributed by atoms with Gasteiger partial charge < -0.3 is 26.4 Å². The van der Waals surface area contributed by atoms with Crippen molar-refractivity contribution < 1.29 is 14.3 Å². The fourth-order valence-electron chi connectivity index (χ4n) is 2.53. The van der Waals surface area contributed by atoms with Crippen molar-refractivity contribution in [3.63, 3.8) is 0 Å². The third kappa shape index (κ3) is 2.96. The Labute approximate surface area is 127 Å². The highest BCUT2D eigenvalue weighted by atomic mass is 32.1. The molecule has 2 amide bonds. The lowest BCUT2D eigenvalue weighted by Gasteiger charge is -2.36. The normalized spacial score (nSPS) is 22.1. The molecular formula is C13H20N4O3S. The average Bonchev–Trinajstić information content (AvgIpc) is 2.74. The first-order chi connectivity index (χ1) is 9.85. The van der Waals surface area contributed by atoms with Crippen LogP contribution in [0.1, 0.15) is 33.9 Å². The highest BCUT2D eigenvalue weighted by Gasteiger charge is 2.31. The molecule has 1 aromatic rings. The molecule has 2 unspecified atom stereocenters. The smallest absolute Gasteiger partial charge is 0.260 e. The van der Waals surface area contributed by atoms with Crippen LogP contribution < -0.4 is 21.7 Å². The number of nitrogen functional groups attached to an aromatic ring is 1. The standard InChI is InChI=1S/C13H20N4O3S/c1-6-4-17(5-7(2)20-6)13-8(12(19)16-3)9(14)10(21-13)11(15)18/h6-7H,4-5,14H2,1-3H3,(H2,15,18)(H,16,19). The highest BCUT2D eigenvalue weighted by Crippen LogP contribution is 2.39. The monoisotopic (exact) mass is 312 g/mol. The van der Waals surface area contributed by atoms with Gasteiger partial charge in [0.2, 0.25) is 0 Å². The second kappa shape index (κ2) is 5.90. The number of morpholine rings is 1. The SMILES string of the molecule is CNC(=O)c1c(N2CC(C)OC(C)C2)sc(C(N)=O)c1N. The number of carbonyl (C=O) groups excluding carboxylic acids is 2. The summed E-state index contributed by atoms with van der Waals surface area (Å²) in [6.45, 7) is 5.20. The molecule has 2 atom stereocenters. The number of hydrogen-bond donors (Lipinski definition) is 3. The number of nitrogens with one attached hydrogen (secondary N) is 1. The van der Waals surface area contributed by atoms with E-state index in [2.05, 4.69) is 5.32 Å². The minimum absolute atomic E-state index is 0.0339. The quantitative estimate of drug-likeness (QED) is 0.748. The third-order valence-electron chi connectivity index (χ3n) is 3.31. The Kier molecular flexibility index (Phi) is 4.38. The predicted octanol–water partition coefficient (Wildman–Crippen LogP) is 0.402. The number of amides is 2. The van der Waals surface area contributed by atoms with E-state index in [0.717, 1.165) is 11.3 Å². The first-order valence-corrected chi connectivity index (χ1v) is 7.51. The Hall–Kier alpha value is -1.80. The van der Waals surface area contributed by atoms with Gasteiger partial charge in [-0.05, 0) is 13.8 Å². The summed E-state index contributed by atoms with van der Waals surface area (Å²) in [4.78, 5) is 25.8. The maximum atomic E-state index is 12.1. The summed E-state index contributed by atoms with van der Waals surface area (Å²) in [7, 11) is 1.53. The van der Waals surface area contributed by atoms with Gasteiger partial charge in [0.05, 0.1) is 23.5 Å². The molecule has 0 aliphatic carbocycles. The van der Waals surface area contributed by atoms with Crippen LogP contribution in [0.5, 0.6) is 0 Å². The number of ether oxygens (including phenoxy) is 1. The van der Waals surface area contributed by atoms with Crippen molar-refractivity contribution in [1.82, 2.24) is 5.32 Å². The Morgan fingerprint density at radius 2 is 1.90 bits per heavy atom. The summed E-state index contributed by atoms with van der Waals surface area (Å²) in [5, 5.41) is 3.22.